The summed E-state index contributed by atoms with van der Waals surface area (Å²) >= 11 is 0. The Morgan fingerprint density at radius 3 is 2.54 bits per heavy atom. The Morgan fingerprint density at radius 1 is 1.19 bits per heavy atom. The zero-order chi connectivity index (χ0) is 19.3. The molecule has 0 aliphatic carbocycles. The van der Waals surface area contributed by atoms with Gasteiger partial charge in [-0.15, -0.1) is 0 Å². The second-order valence-corrected chi connectivity index (χ2v) is 5.29. The topological polar surface area (TPSA) is 148 Å². The number of methoxy groups -OCH3 is 1. The summed E-state index contributed by atoms with van der Waals surface area (Å²) < 4.78 is 4.37. The van der Waals surface area contributed by atoms with Crippen LogP contribution in [0.4, 0.5) is 10.5 Å². The Hall–Kier alpha value is -3.50. The van der Waals surface area contributed by atoms with Gasteiger partial charge in [0.05, 0.1) is 23.2 Å². The third-order valence-electron chi connectivity index (χ3n) is 3.63. The van der Waals surface area contributed by atoms with E-state index in [1.54, 1.807) is 0 Å². The number of carbonyl (C=O) groups excluding carboxylic acids is 4. The van der Waals surface area contributed by atoms with Gasteiger partial charge in [0.15, 0.2) is 0 Å². The molecule has 0 saturated carbocycles. The lowest BCUT2D eigenvalue weighted by Crippen LogP contribution is -2.40. The highest BCUT2D eigenvalue weighted by Gasteiger charge is 2.36. The zero-order valence-electron chi connectivity index (χ0n) is 13.8. The molecule has 0 bridgehead atoms. The van der Waals surface area contributed by atoms with Crippen molar-refractivity contribution in [2.24, 2.45) is 0 Å². The van der Waals surface area contributed by atoms with Crippen LogP contribution in [0.15, 0.2) is 18.2 Å². The fourth-order valence-corrected chi connectivity index (χ4v) is 2.32. The molecule has 26 heavy (non-hydrogen) atoms. The molecule has 1 aliphatic heterocycles. The Kier molecular flexibility index (Phi) is 5.83. The van der Waals surface area contributed by atoms with E-state index in [9.17, 15) is 29.3 Å². The molecule has 0 fully saturated rings. The number of nitro benzene ring substituents is 1. The summed E-state index contributed by atoms with van der Waals surface area (Å²) in [7, 11) is 1.19. The summed E-state index contributed by atoms with van der Waals surface area (Å²) in [5.74, 6) is -1.74. The number of benzene rings is 1. The van der Waals surface area contributed by atoms with Gasteiger partial charge in [0.2, 0.25) is 0 Å². The van der Waals surface area contributed by atoms with Gasteiger partial charge in [0, 0.05) is 25.2 Å². The lowest BCUT2D eigenvalue weighted by molar-refractivity contribution is -0.384. The van der Waals surface area contributed by atoms with E-state index in [0.717, 1.165) is 11.0 Å². The Morgan fingerprint density at radius 2 is 1.88 bits per heavy atom. The van der Waals surface area contributed by atoms with E-state index in [4.69, 9.17) is 0 Å². The number of carbonyl (C=O) groups is 4. The Labute approximate surface area is 147 Å². The standard InChI is InChI=1S/C15H16N4O7/c1-26-12(20)8-17-15(23)16-5-2-6-18-13(21)10-4-3-9(19(24)25)7-11(10)14(18)22/h3-4,7H,2,5-6,8H2,1H3,(H2,16,17,23). The first kappa shape index (κ1) is 18.8. The summed E-state index contributed by atoms with van der Waals surface area (Å²) in [5.41, 5.74) is -0.159. The number of hydrogen-bond acceptors (Lipinski definition) is 7. The number of imide groups is 1. The minimum absolute atomic E-state index is 0.00650. The van der Waals surface area contributed by atoms with Gasteiger partial charge in [-0.2, -0.15) is 0 Å². The molecule has 0 aromatic heterocycles. The normalized spacial score (nSPS) is 12.6. The van der Waals surface area contributed by atoms with Crippen molar-refractivity contribution in [3.8, 4) is 0 Å². The minimum atomic E-state index is -0.641. The van der Waals surface area contributed by atoms with Gasteiger partial charge < -0.3 is 15.4 Å². The first-order valence-corrected chi connectivity index (χ1v) is 7.58. The number of non-ortho nitro benzene ring substituents is 1. The van der Waals surface area contributed by atoms with Gasteiger partial charge in [0.1, 0.15) is 6.54 Å². The molecule has 0 saturated heterocycles. The molecule has 0 radical (unpaired) electrons. The highest BCUT2D eigenvalue weighted by molar-refractivity contribution is 6.21. The first-order chi connectivity index (χ1) is 12.3. The number of hydrogen-bond donors (Lipinski definition) is 2. The summed E-state index contributed by atoms with van der Waals surface area (Å²) in [6.07, 6.45) is 0.277. The molecule has 1 aromatic rings. The van der Waals surface area contributed by atoms with E-state index in [0.29, 0.717) is 0 Å². The fraction of sp³-hybridized carbons (Fsp3) is 0.333. The van der Waals surface area contributed by atoms with Crippen LogP contribution in [0.5, 0.6) is 0 Å². The highest BCUT2D eigenvalue weighted by Crippen LogP contribution is 2.26. The van der Waals surface area contributed by atoms with Gasteiger partial charge in [-0.25, -0.2) is 4.79 Å². The van der Waals surface area contributed by atoms with Gasteiger partial charge in [-0.3, -0.25) is 29.4 Å². The number of esters is 1. The number of amides is 4. The van der Waals surface area contributed by atoms with Crippen molar-refractivity contribution in [2.75, 3.05) is 26.7 Å². The predicted molar refractivity (Wildman–Crippen MR) is 86.5 cm³/mol. The molecular formula is C15H16N4O7. The first-order valence-electron chi connectivity index (χ1n) is 7.58. The van der Waals surface area contributed by atoms with E-state index >= 15 is 0 Å². The van der Waals surface area contributed by atoms with Crippen molar-refractivity contribution >= 4 is 29.5 Å². The maximum Gasteiger partial charge on any atom is 0.325 e. The maximum absolute atomic E-state index is 12.3. The van der Waals surface area contributed by atoms with Crippen molar-refractivity contribution in [2.45, 2.75) is 6.42 Å². The van der Waals surface area contributed by atoms with Crippen molar-refractivity contribution in [3.63, 3.8) is 0 Å². The van der Waals surface area contributed by atoms with Gasteiger partial charge in [-0.05, 0) is 12.5 Å². The third kappa shape index (κ3) is 4.12. The van der Waals surface area contributed by atoms with Crippen LogP contribution in [-0.4, -0.2) is 60.4 Å². The molecule has 11 heteroatoms. The van der Waals surface area contributed by atoms with E-state index in [2.05, 4.69) is 15.4 Å². The lowest BCUT2D eigenvalue weighted by atomic mass is 10.1. The van der Waals surface area contributed by atoms with Crippen LogP contribution < -0.4 is 10.6 Å². The second-order valence-electron chi connectivity index (χ2n) is 5.29. The number of nitrogens with zero attached hydrogens (tertiary/aromatic N) is 2. The van der Waals surface area contributed by atoms with Crippen LogP contribution in [0.3, 0.4) is 0 Å². The molecule has 0 spiro atoms. The van der Waals surface area contributed by atoms with E-state index in [1.165, 1.54) is 19.2 Å². The van der Waals surface area contributed by atoms with Crippen LogP contribution in [-0.2, 0) is 9.53 Å². The monoisotopic (exact) mass is 364 g/mol. The predicted octanol–water partition coefficient (Wildman–Crippen LogP) is 0.0531. The molecule has 0 unspecified atom stereocenters. The average Bonchev–Trinajstić information content (AvgIpc) is 2.87. The quantitative estimate of drug-likeness (QED) is 0.228. The van der Waals surface area contributed by atoms with Crippen molar-refractivity contribution in [3.05, 3.63) is 39.4 Å². The van der Waals surface area contributed by atoms with Gasteiger partial charge in [-0.1, -0.05) is 0 Å². The largest absolute Gasteiger partial charge is 0.468 e. The minimum Gasteiger partial charge on any atom is -0.468 e. The molecule has 1 heterocycles. The molecule has 138 valence electrons. The molecule has 1 aromatic carbocycles. The van der Waals surface area contributed by atoms with Crippen LogP contribution in [0.25, 0.3) is 0 Å². The van der Waals surface area contributed by atoms with Crippen molar-refractivity contribution < 1.29 is 28.8 Å². The smallest absolute Gasteiger partial charge is 0.325 e. The average molecular weight is 364 g/mol. The number of nitro groups is 1. The molecule has 0 atom stereocenters. The van der Waals surface area contributed by atoms with Crippen LogP contribution >= 0.6 is 0 Å². The lowest BCUT2D eigenvalue weighted by Gasteiger charge is -2.13. The molecular weight excluding hydrogens is 348 g/mol. The number of nitrogens with one attached hydrogen (secondary N) is 2. The maximum atomic E-state index is 12.3. The third-order valence-corrected chi connectivity index (χ3v) is 3.63. The molecule has 11 nitrogen and oxygen atoms in total. The van der Waals surface area contributed by atoms with E-state index in [1.807, 2.05) is 0 Å². The number of fused-ring (bicyclic) bond motifs is 1. The molecule has 1 aliphatic rings. The molecule has 4 amide bonds. The van der Waals surface area contributed by atoms with Crippen molar-refractivity contribution in [1.82, 2.24) is 15.5 Å². The Bertz CT molecular complexity index is 777. The van der Waals surface area contributed by atoms with Gasteiger partial charge in [0.25, 0.3) is 17.5 Å². The summed E-state index contributed by atoms with van der Waals surface area (Å²) in [6.45, 7) is -0.0858. The number of urea groups is 1. The van der Waals surface area contributed by atoms with Crippen LogP contribution in [0.1, 0.15) is 27.1 Å². The highest BCUT2D eigenvalue weighted by atomic mass is 16.6. The summed E-state index contributed by atoms with van der Waals surface area (Å²) in [6, 6.07) is 2.91. The van der Waals surface area contributed by atoms with Gasteiger partial charge >= 0.3 is 12.0 Å². The molecule has 2 N–H and O–H groups in total. The SMILES string of the molecule is COC(=O)CNC(=O)NCCCN1C(=O)c2ccc([N+](=O)[O-])cc2C1=O. The Balaban J connectivity index is 1.85. The second kappa shape index (κ2) is 8.05. The van der Waals surface area contributed by atoms with Crippen molar-refractivity contribution in [1.29, 1.82) is 0 Å². The molecule has 2 rings (SSSR count). The van der Waals surface area contributed by atoms with E-state index in [-0.39, 0.29) is 42.9 Å². The zero-order valence-corrected chi connectivity index (χ0v) is 13.8. The summed E-state index contributed by atoms with van der Waals surface area (Å²) in [5, 5.41) is 15.5. The number of rotatable bonds is 7. The van der Waals surface area contributed by atoms with Crippen LogP contribution in [0.2, 0.25) is 0 Å². The van der Waals surface area contributed by atoms with E-state index < -0.39 is 28.7 Å². The summed E-state index contributed by atoms with van der Waals surface area (Å²) in [4.78, 5) is 57.9. The van der Waals surface area contributed by atoms with Crippen LogP contribution in [0, 0.1) is 10.1 Å². The fourth-order valence-electron chi connectivity index (χ4n) is 2.32. The number of ether oxygens (including phenoxy) is 1.